The minimum atomic E-state index is -1.35. The van der Waals surface area contributed by atoms with Crippen LogP contribution in [0.3, 0.4) is 0 Å². The highest BCUT2D eigenvalue weighted by molar-refractivity contribution is 6.61. The van der Waals surface area contributed by atoms with Gasteiger partial charge in [0.1, 0.15) is 34.5 Å². The Kier molecular flexibility index (Phi) is 35.2. The highest BCUT2D eigenvalue weighted by Crippen LogP contribution is 2.36. The van der Waals surface area contributed by atoms with Crippen LogP contribution in [0.2, 0.25) is 0 Å². The number of nitrogens with zero attached hydrogens (tertiary/aromatic N) is 4. The fourth-order valence-electron chi connectivity index (χ4n) is 9.97. The summed E-state index contributed by atoms with van der Waals surface area (Å²) < 4.78 is 23.8. The number of carbonyl (C=O) groups is 8. The lowest BCUT2D eigenvalue weighted by atomic mass is 9.90. The van der Waals surface area contributed by atoms with Crippen molar-refractivity contribution in [1.82, 2.24) is 20.6 Å². The van der Waals surface area contributed by atoms with Gasteiger partial charge in [-0.1, -0.05) is 86.0 Å². The fourth-order valence-corrected chi connectivity index (χ4v) is 10.1. The number of phenolic OH excluding ortho intramolecular Hbond substituents is 1. The monoisotopic (exact) mass is 1540 g/mol. The van der Waals surface area contributed by atoms with E-state index < -0.39 is 39.3 Å². The predicted molar refractivity (Wildman–Crippen MR) is 409 cm³/mol. The van der Waals surface area contributed by atoms with Crippen LogP contribution < -0.4 is 25.8 Å². The molecule has 10 rings (SSSR count). The Bertz CT molecular complexity index is 4730. The summed E-state index contributed by atoms with van der Waals surface area (Å²) in [5, 5.41) is 60.5. The summed E-state index contributed by atoms with van der Waals surface area (Å²) in [5.41, 5.74) is 12.6. The number of benzene rings is 6. The van der Waals surface area contributed by atoms with Crippen molar-refractivity contribution in [3.8, 4) is 39.5 Å². The number of nitro groups is 2. The zero-order valence-corrected chi connectivity index (χ0v) is 61.8. The number of carboxylic acids is 1. The van der Waals surface area contributed by atoms with Gasteiger partial charge in [-0.05, 0) is 165 Å². The number of amidine groups is 1. The first-order valence-electron chi connectivity index (χ1n) is 34.1. The van der Waals surface area contributed by atoms with E-state index in [9.17, 15) is 63.7 Å². The van der Waals surface area contributed by atoms with Gasteiger partial charge in [-0.25, -0.2) is 19.4 Å². The number of pyridine rings is 2. The maximum Gasteiger partial charge on any atom is 0.513 e. The van der Waals surface area contributed by atoms with Crippen molar-refractivity contribution in [2.45, 2.75) is 72.6 Å². The topological polar surface area (TPSA) is 467 Å². The van der Waals surface area contributed by atoms with E-state index in [-0.39, 0.29) is 119 Å². The number of rotatable bonds is 28. The standard InChI is InChI=1S/C33H33N3O7.C28H28N4O2.C9H9NO5.C6H5NO3.C3H5ClO2.CO2/c1-4-21-15-25(28(37)14-19-8-10-22(11-9-19)26(34)17-30(38)43-5-2)24(16-29(21)42-3)23-12-13-27(36-31(23)33(40)41)32(39)35-18-20-6-7-20;1-3-20-14-24(26(33)13-18-6-8-21(9-7-18)27(29)30)23(12-17(20)2)22-10-11-25(31-16-22)28(34)32-15-19-4-5-19;1-2-14-9(11)15-8-5-3-7(4-6-8)10(12)13;8-6-3-1-5(2-4-6)7(9)10;1-2-6-3(4)5;2-1-3/h4,8-13,15-16,20,34H,1,5-7,14,17-18H2,2-3H3,(H,35,39)(H,40,41);3,6-12,14,16,19H,1,4-5,13,15H2,2H3,(H3,29,30)(H,32,34);3-6H,2H2,1H3;1-4,8H;2H2,1H3;. The lowest BCUT2D eigenvalue weighted by Gasteiger charge is -2.16. The molecule has 0 spiro atoms. The number of aromatic nitrogens is 2. The van der Waals surface area contributed by atoms with Gasteiger partial charge in [-0.3, -0.25) is 54.6 Å². The van der Waals surface area contributed by atoms with Crippen LogP contribution in [0.5, 0.6) is 17.2 Å². The van der Waals surface area contributed by atoms with E-state index in [0.717, 1.165) is 40.7 Å². The van der Waals surface area contributed by atoms with Crippen LogP contribution in [0.25, 0.3) is 34.4 Å². The average molecular weight is 1540 g/mol. The molecule has 6 aromatic carbocycles. The highest BCUT2D eigenvalue weighted by Gasteiger charge is 2.27. The summed E-state index contributed by atoms with van der Waals surface area (Å²) in [5.74, 6) is -1.17. The molecule has 0 atom stereocenters. The Morgan fingerprint density at radius 2 is 1.14 bits per heavy atom. The number of nitro benzene ring substituents is 2. The maximum atomic E-state index is 13.7. The number of amides is 2. The van der Waals surface area contributed by atoms with E-state index >= 15 is 0 Å². The third-order valence-electron chi connectivity index (χ3n) is 16.0. The molecule has 0 aliphatic heterocycles. The number of hydrogen-bond donors (Lipinski definition) is 7. The molecule has 2 aromatic heterocycles. The van der Waals surface area contributed by atoms with Crippen molar-refractivity contribution >= 4 is 99.7 Å². The van der Waals surface area contributed by atoms with Crippen LogP contribution in [0, 0.1) is 49.8 Å². The maximum absolute atomic E-state index is 13.7. The number of ketones is 2. The molecule has 8 N–H and O–H groups in total. The SMILES string of the molecule is C=Cc1cc(C(=O)Cc2ccc(C(=N)CC(=O)OCC)cc2)c(-c2ccc(C(=O)NCC3CC3)nc2C(=O)O)cc1OC.C=Cc1cc(C(=O)Cc2ccc(C(=N)N)cc2)c(-c2ccc(C(=O)NCC3CC3)nc2)cc1C.CCOC(=O)Cl.CCOC(=O)Oc1ccc([N+](=O)[O-])cc1.O=C=O.O=[N+]([O-])c1ccc(O)cc1. The van der Waals surface area contributed by atoms with E-state index in [0.29, 0.717) is 70.8 Å². The van der Waals surface area contributed by atoms with Gasteiger partial charge in [0.25, 0.3) is 23.2 Å². The number of hydrogen-bond acceptors (Lipinski definition) is 24. The molecule has 0 saturated heterocycles. The molecule has 0 unspecified atom stereocenters. The minimum absolute atomic E-state index is 0.00788. The number of halogens is 1. The Labute approximate surface area is 642 Å². The molecular formula is C80H80ClN9O21. The van der Waals surface area contributed by atoms with Gasteiger partial charge >= 0.3 is 29.7 Å². The van der Waals surface area contributed by atoms with Crippen LogP contribution >= 0.6 is 11.6 Å². The first-order chi connectivity index (χ1) is 53.0. The molecule has 2 aliphatic rings. The van der Waals surface area contributed by atoms with Gasteiger partial charge < -0.3 is 55.7 Å². The van der Waals surface area contributed by atoms with Crippen molar-refractivity contribution in [3.63, 3.8) is 0 Å². The number of carbonyl (C=O) groups excluding carboxylic acids is 9. The number of Topliss-reactive ketones (excluding diaryl/α,β-unsaturated/α-hetero) is 2. The predicted octanol–water partition coefficient (Wildman–Crippen LogP) is 13.8. The van der Waals surface area contributed by atoms with E-state index in [4.69, 9.17) is 57.1 Å². The summed E-state index contributed by atoms with van der Waals surface area (Å²) in [4.78, 5) is 141. The van der Waals surface area contributed by atoms with Gasteiger partial charge in [-0.2, -0.15) is 9.59 Å². The smallest absolute Gasteiger partial charge is 0.508 e. The van der Waals surface area contributed by atoms with Gasteiger partial charge in [0, 0.05) is 107 Å². The lowest BCUT2D eigenvalue weighted by Crippen LogP contribution is -2.27. The zero-order valence-electron chi connectivity index (χ0n) is 61.0. The number of methoxy groups -OCH3 is 1. The first kappa shape index (κ1) is 87.9. The second-order valence-electron chi connectivity index (χ2n) is 24.0. The number of aromatic hydroxyl groups is 1. The molecule has 2 heterocycles. The van der Waals surface area contributed by atoms with Crippen LogP contribution in [0.15, 0.2) is 165 Å². The van der Waals surface area contributed by atoms with Crippen molar-refractivity contribution in [2.24, 2.45) is 17.6 Å². The van der Waals surface area contributed by atoms with Crippen molar-refractivity contribution in [3.05, 3.63) is 252 Å². The lowest BCUT2D eigenvalue weighted by molar-refractivity contribution is -0.385. The van der Waals surface area contributed by atoms with Crippen molar-refractivity contribution < 1.29 is 91.7 Å². The molecule has 30 nitrogen and oxygen atoms in total. The molecule has 0 radical (unpaired) electrons. The highest BCUT2D eigenvalue weighted by atomic mass is 35.5. The number of aromatic carboxylic acids is 1. The third-order valence-corrected chi connectivity index (χ3v) is 16.1. The van der Waals surface area contributed by atoms with E-state index in [1.54, 1.807) is 87.6 Å². The average Bonchev–Trinajstić information content (AvgIpc) is 0.984. The fraction of sp³-hybridized carbons (Fsp3) is 0.237. The number of esters is 1. The van der Waals surface area contributed by atoms with Crippen LogP contribution in [0.1, 0.15) is 144 Å². The molecule has 8 aromatic rings. The minimum Gasteiger partial charge on any atom is -0.508 e. The van der Waals surface area contributed by atoms with Crippen LogP contribution in [0.4, 0.5) is 21.0 Å². The second-order valence-corrected chi connectivity index (χ2v) is 24.3. The molecule has 0 bridgehead atoms. The largest absolute Gasteiger partial charge is 0.513 e. The molecular weight excluding hydrogens is 1460 g/mol. The number of nitrogen functional groups attached to an aromatic ring is 1. The van der Waals surface area contributed by atoms with Crippen molar-refractivity contribution in [1.29, 1.82) is 10.8 Å². The van der Waals surface area contributed by atoms with Crippen LogP contribution in [-0.4, -0.2) is 135 Å². The van der Waals surface area contributed by atoms with Gasteiger partial charge in [-0.15, -0.1) is 0 Å². The zero-order chi connectivity index (χ0) is 81.9. The van der Waals surface area contributed by atoms with E-state index in [1.165, 1.54) is 86.7 Å². The molecule has 2 aliphatic carbocycles. The molecule has 578 valence electrons. The Morgan fingerprint density at radius 3 is 1.58 bits per heavy atom. The number of non-ortho nitro benzene ring substituents is 2. The first-order valence-corrected chi connectivity index (χ1v) is 34.4. The van der Waals surface area contributed by atoms with Crippen molar-refractivity contribution in [2.75, 3.05) is 40.0 Å². The Hall–Kier alpha value is -13.7. The summed E-state index contributed by atoms with van der Waals surface area (Å²) in [7, 11) is 1.46. The van der Waals surface area contributed by atoms with Gasteiger partial charge in [0.15, 0.2) is 17.3 Å². The number of aryl methyl sites for hydroxylation is 1. The third kappa shape index (κ3) is 28.8. The quantitative estimate of drug-likeness (QED) is 0.00276. The molecule has 2 fully saturated rings. The van der Waals surface area contributed by atoms with Gasteiger partial charge in [0.05, 0.1) is 43.2 Å². The summed E-state index contributed by atoms with van der Waals surface area (Å²) >= 11 is 4.72. The summed E-state index contributed by atoms with van der Waals surface area (Å²) in [6.07, 6.45) is 8.81. The molecule has 31 heteroatoms. The number of carboxylic acid groups (broad SMARTS) is 1. The molecule has 2 amide bonds. The van der Waals surface area contributed by atoms with Crippen LogP contribution in [-0.2, 0) is 41.4 Å². The normalized spacial score (nSPS) is 11.2. The Balaban J connectivity index is 0.000000283. The summed E-state index contributed by atoms with van der Waals surface area (Å²) in [6, 6.07) is 37.5. The summed E-state index contributed by atoms with van der Waals surface area (Å²) in [6.45, 7) is 16.7. The number of nitrogens with two attached hydrogens (primary N) is 1. The number of ether oxygens (including phenoxy) is 5. The Morgan fingerprint density at radius 1 is 0.649 bits per heavy atom. The number of nitrogens with one attached hydrogen (secondary N) is 4. The molecule has 2 saturated carbocycles. The number of phenols is 1. The second kappa shape index (κ2) is 44.4. The van der Waals surface area contributed by atoms with Gasteiger partial charge in [0.2, 0.25) is 0 Å². The van der Waals surface area contributed by atoms with E-state index in [1.807, 2.05) is 37.3 Å². The molecule has 111 heavy (non-hydrogen) atoms. The van der Waals surface area contributed by atoms with E-state index in [2.05, 4.69) is 43.2 Å².